The van der Waals surface area contributed by atoms with Crippen LogP contribution in [-0.4, -0.2) is 32.4 Å². The van der Waals surface area contributed by atoms with Gasteiger partial charge in [0, 0.05) is 6.42 Å². The number of unbranched alkanes of at least 4 members (excludes halogenated alkanes) is 1. The zero-order chi connectivity index (χ0) is 21.4. The molecule has 0 spiro atoms. The minimum absolute atomic E-state index is 0.0104. The summed E-state index contributed by atoms with van der Waals surface area (Å²) in [5.41, 5.74) is -0.0252. The first-order chi connectivity index (χ1) is 13.7. The molecule has 0 radical (unpaired) electrons. The van der Waals surface area contributed by atoms with Crippen molar-refractivity contribution in [3.8, 4) is 0 Å². The molecule has 0 aliphatic heterocycles. The summed E-state index contributed by atoms with van der Waals surface area (Å²) in [6.07, 6.45) is 4.49. The van der Waals surface area contributed by atoms with Crippen LogP contribution >= 0.6 is 11.6 Å². The van der Waals surface area contributed by atoms with Crippen LogP contribution in [0.15, 0.2) is 29.8 Å². The lowest BCUT2D eigenvalue weighted by molar-refractivity contribution is -0.164. The van der Waals surface area contributed by atoms with Crippen molar-refractivity contribution in [3.05, 3.63) is 40.7 Å². The Balaban J connectivity index is 2.04. The Hall–Kier alpha value is -2.13. The number of nitrogens with one attached hydrogen (secondary N) is 1. The normalized spacial score (nSPS) is 16.7. The first-order valence-electron chi connectivity index (χ1n) is 9.24. The van der Waals surface area contributed by atoms with Gasteiger partial charge in [0.2, 0.25) is 16.8 Å². The first kappa shape index (κ1) is 23.2. The van der Waals surface area contributed by atoms with E-state index in [1.165, 1.54) is 12.1 Å². The van der Waals surface area contributed by atoms with Gasteiger partial charge in [0.25, 0.3) is 0 Å². The maximum atomic E-state index is 13.2. The monoisotopic (exact) mass is 447 g/mol. The van der Waals surface area contributed by atoms with Crippen molar-refractivity contribution in [1.82, 2.24) is 0 Å². The predicted octanol–water partition coefficient (Wildman–Crippen LogP) is 3.93. The molecule has 1 unspecified atom stereocenters. The molecule has 0 saturated carbocycles. The highest BCUT2D eigenvalue weighted by Crippen LogP contribution is 2.30. The molecule has 1 aromatic rings. The predicted molar refractivity (Wildman–Crippen MR) is 106 cm³/mol. The maximum Gasteiger partial charge on any atom is 0.337 e. The van der Waals surface area contributed by atoms with Crippen molar-refractivity contribution in [3.63, 3.8) is 0 Å². The highest BCUT2D eigenvalue weighted by atomic mass is 35.5. The van der Waals surface area contributed by atoms with Gasteiger partial charge in [0.1, 0.15) is 11.1 Å². The van der Waals surface area contributed by atoms with Gasteiger partial charge in [0.15, 0.2) is 0 Å². The van der Waals surface area contributed by atoms with Crippen LogP contribution in [0, 0.1) is 5.82 Å². The van der Waals surface area contributed by atoms with Crippen molar-refractivity contribution in [2.24, 2.45) is 0 Å². The van der Waals surface area contributed by atoms with Crippen LogP contribution < -0.4 is 4.72 Å². The second-order valence-electron chi connectivity index (χ2n) is 6.52. The summed E-state index contributed by atoms with van der Waals surface area (Å²) in [6.45, 7) is 1.35. The Morgan fingerprint density at radius 1 is 1.31 bits per heavy atom. The van der Waals surface area contributed by atoms with Gasteiger partial charge in [-0.05, 0) is 43.9 Å². The van der Waals surface area contributed by atoms with Crippen molar-refractivity contribution in [2.45, 2.75) is 50.7 Å². The van der Waals surface area contributed by atoms with Crippen molar-refractivity contribution in [2.75, 3.05) is 11.5 Å². The van der Waals surface area contributed by atoms with Gasteiger partial charge in [0.05, 0.1) is 16.3 Å². The number of anilines is 1. The third kappa shape index (κ3) is 6.71. The molecule has 0 amide bonds. The van der Waals surface area contributed by atoms with E-state index in [1.807, 2.05) is 6.92 Å². The van der Waals surface area contributed by atoms with Crippen molar-refractivity contribution in [1.29, 1.82) is 0 Å². The molecule has 10 heteroatoms. The van der Waals surface area contributed by atoms with Crippen LogP contribution in [0.3, 0.4) is 0 Å². The molecule has 0 saturated heterocycles. The Morgan fingerprint density at radius 3 is 2.76 bits per heavy atom. The molecule has 1 aliphatic rings. The quantitative estimate of drug-likeness (QED) is 0.454. The minimum Gasteiger partial charge on any atom is -0.428 e. The summed E-state index contributed by atoms with van der Waals surface area (Å²) in [7, 11) is -4.05. The number of benzene rings is 1. The number of rotatable bonds is 9. The molecule has 0 heterocycles. The van der Waals surface area contributed by atoms with Crippen LogP contribution in [0.2, 0.25) is 5.02 Å². The highest BCUT2D eigenvalue weighted by molar-refractivity contribution is 7.93. The van der Waals surface area contributed by atoms with Gasteiger partial charge in [-0.3, -0.25) is 9.52 Å². The summed E-state index contributed by atoms with van der Waals surface area (Å²) in [5.74, 6) is -1.96. The van der Waals surface area contributed by atoms with E-state index < -0.39 is 39.8 Å². The molecule has 1 aromatic carbocycles. The van der Waals surface area contributed by atoms with E-state index >= 15 is 0 Å². The summed E-state index contributed by atoms with van der Waals surface area (Å²) >= 11 is 5.89. The number of carbonyl (C=O) groups excluding carboxylic acids is 2. The van der Waals surface area contributed by atoms with Gasteiger partial charge in [-0.2, -0.15) is 0 Å². The fourth-order valence-electron chi connectivity index (χ4n) is 2.81. The Bertz CT molecular complexity index is 887. The van der Waals surface area contributed by atoms with E-state index in [9.17, 15) is 22.4 Å². The van der Waals surface area contributed by atoms with Crippen LogP contribution in [0.25, 0.3) is 0 Å². The van der Waals surface area contributed by atoms with Gasteiger partial charge in [-0.25, -0.2) is 17.6 Å². The zero-order valence-electron chi connectivity index (χ0n) is 16.0. The SMILES string of the molecule is CCCCC(=O)OCOC(=O)C1=CCCCC1S(=O)(=O)Nc1ccc(F)cc1Cl. The van der Waals surface area contributed by atoms with E-state index in [0.29, 0.717) is 19.3 Å². The number of allylic oxidation sites excluding steroid dienone is 1. The molecular formula is C19H23ClFNO6S. The molecule has 1 N–H and O–H groups in total. The molecule has 160 valence electrons. The van der Waals surface area contributed by atoms with E-state index in [0.717, 1.165) is 18.6 Å². The lowest BCUT2D eigenvalue weighted by Crippen LogP contribution is -2.35. The molecule has 1 aliphatic carbocycles. The van der Waals surface area contributed by atoms with E-state index in [4.69, 9.17) is 21.1 Å². The van der Waals surface area contributed by atoms with Crippen LogP contribution in [0.1, 0.15) is 45.4 Å². The number of hydrogen-bond donors (Lipinski definition) is 1. The summed E-state index contributed by atoms with van der Waals surface area (Å²) in [5, 5.41) is -1.27. The average molecular weight is 448 g/mol. The molecule has 29 heavy (non-hydrogen) atoms. The Labute approximate surface area is 174 Å². The van der Waals surface area contributed by atoms with Crippen molar-refractivity contribution < 1.29 is 31.9 Å². The smallest absolute Gasteiger partial charge is 0.337 e. The molecule has 7 nitrogen and oxygen atoms in total. The van der Waals surface area contributed by atoms with Gasteiger partial charge >= 0.3 is 11.9 Å². The number of hydrogen-bond acceptors (Lipinski definition) is 6. The standard InChI is InChI=1S/C19H23ClFNO6S/c1-2-3-8-18(23)27-12-28-19(24)14-6-4-5-7-17(14)29(25,26)22-16-10-9-13(21)11-15(16)20/h6,9-11,17,22H,2-5,7-8,12H2,1H3. The first-order valence-corrected chi connectivity index (χ1v) is 11.2. The highest BCUT2D eigenvalue weighted by Gasteiger charge is 2.35. The molecule has 0 fully saturated rings. The van der Waals surface area contributed by atoms with Crippen LogP contribution in [0.5, 0.6) is 0 Å². The van der Waals surface area contributed by atoms with Gasteiger partial charge in [-0.1, -0.05) is 31.0 Å². The Morgan fingerprint density at radius 2 is 2.07 bits per heavy atom. The van der Waals surface area contributed by atoms with E-state index in [2.05, 4.69) is 4.72 Å². The average Bonchev–Trinajstić information content (AvgIpc) is 2.68. The second-order valence-corrected chi connectivity index (χ2v) is 8.79. The molecule has 1 atom stereocenters. The molecule has 0 aromatic heterocycles. The fraction of sp³-hybridized carbons (Fsp3) is 0.474. The number of halogens is 2. The van der Waals surface area contributed by atoms with E-state index in [-0.39, 0.29) is 29.1 Å². The van der Waals surface area contributed by atoms with Crippen molar-refractivity contribution >= 4 is 39.3 Å². The lowest BCUT2D eigenvalue weighted by Gasteiger charge is -2.24. The fourth-order valence-corrected chi connectivity index (χ4v) is 4.71. The third-order valence-electron chi connectivity index (χ3n) is 4.32. The van der Waals surface area contributed by atoms with Gasteiger partial charge < -0.3 is 9.47 Å². The van der Waals surface area contributed by atoms with E-state index in [1.54, 1.807) is 0 Å². The number of carbonyl (C=O) groups is 2. The molecular weight excluding hydrogens is 425 g/mol. The third-order valence-corrected chi connectivity index (χ3v) is 6.38. The van der Waals surface area contributed by atoms with Gasteiger partial charge in [-0.15, -0.1) is 0 Å². The van der Waals surface area contributed by atoms with Crippen LogP contribution in [-0.2, 0) is 29.1 Å². The largest absolute Gasteiger partial charge is 0.428 e. The minimum atomic E-state index is -4.05. The second kappa shape index (κ2) is 10.6. The Kier molecular flexibility index (Phi) is 8.45. The molecule has 2 rings (SSSR count). The zero-order valence-corrected chi connectivity index (χ0v) is 17.5. The number of ether oxygens (including phenoxy) is 2. The summed E-state index contributed by atoms with van der Waals surface area (Å²) in [4.78, 5) is 23.8. The molecule has 0 bridgehead atoms. The topological polar surface area (TPSA) is 98.8 Å². The summed E-state index contributed by atoms with van der Waals surface area (Å²) < 4.78 is 50.9. The lowest BCUT2D eigenvalue weighted by atomic mass is 9.99. The number of sulfonamides is 1. The maximum absolute atomic E-state index is 13.2. The van der Waals surface area contributed by atoms with Crippen LogP contribution in [0.4, 0.5) is 10.1 Å². The number of esters is 2. The summed E-state index contributed by atoms with van der Waals surface area (Å²) in [6, 6.07) is 3.26.